The van der Waals surface area contributed by atoms with Gasteiger partial charge in [-0.05, 0) is 24.8 Å². The lowest BCUT2D eigenvalue weighted by Crippen LogP contribution is -2.40. The maximum atomic E-state index is 4.47. The number of aromatic nitrogens is 1. The Bertz CT molecular complexity index is 566. The van der Waals surface area contributed by atoms with Gasteiger partial charge in [-0.15, -0.1) is 46.7 Å². The van der Waals surface area contributed by atoms with Crippen molar-refractivity contribution in [1.82, 2.24) is 15.2 Å². The number of halogens is 1. The number of hydrogen-bond donors (Lipinski definition) is 1. The van der Waals surface area contributed by atoms with Crippen molar-refractivity contribution in [3.63, 3.8) is 0 Å². The number of thiazole rings is 1. The molecule has 0 amide bonds. The third-order valence-corrected chi connectivity index (χ3v) is 4.94. The van der Waals surface area contributed by atoms with Crippen molar-refractivity contribution < 1.29 is 0 Å². The Labute approximate surface area is 157 Å². The topological polar surface area (TPSA) is 40.5 Å². The van der Waals surface area contributed by atoms with Crippen LogP contribution in [0.5, 0.6) is 0 Å². The molecule has 122 valence electrons. The molecule has 0 radical (unpaired) electrons. The second-order valence-electron chi connectivity index (χ2n) is 4.83. The molecule has 1 N–H and O–H groups in total. The van der Waals surface area contributed by atoms with E-state index in [1.54, 1.807) is 11.3 Å². The molecule has 4 nitrogen and oxygen atoms in total. The van der Waals surface area contributed by atoms with Gasteiger partial charge in [0.05, 0.1) is 10.7 Å². The Morgan fingerprint density at radius 3 is 2.77 bits per heavy atom. The van der Waals surface area contributed by atoms with Crippen molar-refractivity contribution in [2.45, 2.75) is 19.8 Å². The molecule has 0 atom stereocenters. The summed E-state index contributed by atoms with van der Waals surface area (Å²) in [6.45, 7) is 3.87. The number of hydrogen-bond acceptors (Lipinski definition) is 4. The Morgan fingerprint density at radius 1 is 1.36 bits per heavy atom. The predicted molar refractivity (Wildman–Crippen MR) is 108 cm³/mol. The lowest BCUT2D eigenvalue weighted by molar-refractivity contribution is 0.487. The average Bonchev–Trinajstić information content (AvgIpc) is 3.12. The maximum Gasteiger partial charge on any atom is 0.193 e. The normalized spacial score (nSPS) is 11.1. The monoisotopic (exact) mass is 450 g/mol. The molecule has 2 aromatic heterocycles. The van der Waals surface area contributed by atoms with Crippen LogP contribution in [-0.4, -0.2) is 43.0 Å². The SMILES string of the molecule is CN=C(NCCc1csc(C)n1)N(C)CCc1cccs1.I. The van der Waals surface area contributed by atoms with Crippen LogP contribution in [0.4, 0.5) is 0 Å². The zero-order valence-electron chi connectivity index (χ0n) is 13.2. The summed E-state index contributed by atoms with van der Waals surface area (Å²) in [6.07, 6.45) is 1.99. The Morgan fingerprint density at radius 2 is 2.18 bits per heavy atom. The fourth-order valence-electron chi connectivity index (χ4n) is 2.05. The lowest BCUT2D eigenvalue weighted by atomic mass is 10.3. The first-order valence-electron chi connectivity index (χ1n) is 7.04. The molecule has 0 fully saturated rings. The van der Waals surface area contributed by atoms with Gasteiger partial charge in [0.15, 0.2) is 5.96 Å². The van der Waals surface area contributed by atoms with Gasteiger partial charge in [0.2, 0.25) is 0 Å². The summed E-state index contributed by atoms with van der Waals surface area (Å²) < 4.78 is 0. The first-order valence-corrected chi connectivity index (χ1v) is 8.80. The third kappa shape index (κ3) is 6.21. The van der Waals surface area contributed by atoms with E-state index in [4.69, 9.17) is 0 Å². The van der Waals surface area contributed by atoms with Crippen LogP contribution >= 0.6 is 46.7 Å². The minimum Gasteiger partial charge on any atom is -0.356 e. The van der Waals surface area contributed by atoms with E-state index in [-0.39, 0.29) is 24.0 Å². The highest BCUT2D eigenvalue weighted by molar-refractivity contribution is 14.0. The molecule has 0 unspecified atom stereocenters. The summed E-state index contributed by atoms with van der Waals surface area (Å²) in [5.74, 6) is 0.943. The van der Waals surface area contributed by atoms with E-state index in [1.165, 1.54) is 4.88 Å². The van der Waals surface area contributed by atoms with Gasteiger partial charge in [0, 0.05) is 43.9 Å². The van der Waals surface area contributed by atoms with Crippen LogP contribution in [0.1, 0.15) is 15.6 Å². The number of aliphatic imine (C=N–C) groups is 1. The maximum absolute atomic E-state index is 4.47. The smallest absolute Gasteiger partial charge is 0.193 e. The van der Waals surface area contributed by atoms with Gasteiger partial charge in [-0.1, -0.05) is 6.07 Å². The molecule has 0 aromatic carbocycles. The molecule has 0 aliphatic rings. The van der Waals surface area contributed by atoms with Crippen LogP contribution in [0.25, 0.3) is 0 Å². The fourth-order valence-corrected chi connectivity index (χ4v) is 3.39. The first-order chi connectivity index (χ1) is 10.2. The van der Waals surface area contributed by atoms with E-state index < -0.39 is 0 Å². The van der Waals surface area contributed by atoms with E-state index in [0.29, 0.717) is 0 Å². The molecule has 0 spiro atoms. The fraction of sp³-hybridized carbons (Fsp3) is 0.467. The summed E-state index contributed by atoms with van der Waals surface area (Å²) in [4.78, 5) is 12.4. The number of nitrogens with zero attached hydrogens (tertiary/aromatic N) is 3. The molecule has 0 saturated carbocycles. The van der Waals surface area contributed by atoms with Crippen LogP contribution in [0.2, 0.25) is 0 Å². The van der Waals surface area contributed by atoms with E-state index >= 15 is 0 Å². The van der Waals surface area contributed by atoms with Crippen molar-refractivity contribution in [2.75, 3.05) is 27.2 Å². The Hall–Kier alpha value is -0.670. The number of aryl methyl sites for hydroxylation is 1. The summed E-state index contributed by atoms with van der Waals surface area (Å²) in [7, 11) is 3.91. The zero-order chi connectivity index (χ0) is 15.1. The molecule has 0 bridgehead atoms. The van der Waals surface area contributed by atoms with Gasteiger partial charge in [0.1, 0.15) is 0 Å². The highest BCUT2D eigenvalue weighted by Crippen LogP contribution is 2.10. The van der Waals surface area contributed by atoms with Crippen molar-refractivity contribution >= 4 is 52.6 Å². The summed E-state index contributed by atoms with van der Waals surface area (Å²) in [5, 5.41) is 8.78. The van der Waals surface area contributed by atoms with Crippen LogP contribution in [0, 0.1) is 6.92 Å². The summed E-state index contributed by atoms with van der Waals surface area (Å²) in [6, 6.07) is 4.28. The largest absolute Gasteiger partial charge is 0.356 e. The molecule has 22 heavy (non-hydrogen) atoms. The van der Waals surface area contributed by atoms with E-state index in [9.17, 15) is 0 Å². The molecular weight excluding hydrogens is 427 g/mol. The van der Waals surface area contributed by atoms with Crippen LogP contribution < -0.4 is 5.32 Å². The molecular formula is C15H23IN4S2. The standard InChI is InChI=1S/C15H22N4S2.HI/c1-12-18-13(11-21-12)6-8-17-15(16-2)19(3)9-7-14-5-4-10-20-14;/h4-5,10-11H,6-9H2,1-3H3,(H,16,17);1H. The summed E-state index contributed by atoms with van der Waals surface area (Å²) >= 11 is 3.51. The van der Waals surface area contributed by atoms with Gasteiger partial charge in [-0.25, -0.2) is 4.98 Å². The second kappa shape index (κ2) is 10.2. The molecule has 2 heterocycles. The highest BCUT2D eigenvalue weighted by atomic mass is 127. The second-order valence-corrected chi connectivity index (χ2v) is 6.93. The Kier molecular flexibility index (Phi) is 8.96. The van der Waals surface area contributed by atoms with Crippen LogP contribution in [0.3, 0.4) is 0 Å². The van der Waals surface area contributed by atoms with Crippen LogP contribution in [-0.2, 0) is 12.8 Å². The molecule has 7 heteroatoms. The Balaban J connectivity index is 0.00000242. The van der Waals surface area contributed by atoms with Gasteiger partial charge in [-0.3, -0.25) is 4.99 Å². The van der Waals surface area contributed by atoms with E-state index in [0.717, 1.165) is 42.6 Å². The zero-order valence-corrected chi connectivity index (χ0v) is 17.2. The van der Waals surface area contributed by atoms with E-state index in [1.807, 2.05) is 25.3 Å². The van der Waals surface area contributed by atoms with Gasteiger partial charge >= 0.3 is 0 Å². The minimum atomic E-state index is 0. The lowest BCUT2D eigenvalue weighted by Gasteiger charge is -2.21. The first kappa shape index (κ1) is 19.4. The van der Waals surface area contributed by atoms with Crippen molar-refractivity contribution in [2.24, 2.45) is 4.99 Å². The van der Waals surface area contributed by atoms with Crippen molar-refractivity contribution in [1.29, 1.82) is 0 Å². The van der Waals surface area contributed by atoms with Gasteiger partial charge in [-0.2, -0.15) is 0 Å². The highest BCUT2D eigenvalue weighted by Gasteiger charge is 2.06. The third-order valence-electron chi connectivity index (χ3n) is 3.18. The summed E-state index contributed by atoms with van der Waals surface area (Å²) in [5.41, 5.74) is 1.15. The average molecular weight is 450 g/mol. The molecule has 2 aromatic rings. The molecule has 0 saturated heterocycles. The quantitative estimate of drug-likeness (QED) is 0.417. The molecule has 0 aliphatic carbocycles. The van der Waals surface area contributed by atoms with Gasteiger partial charge in [0.25, 0.3) is 0 Å². The number of guanidine groups is 1. The van der Waals surface area contributed by atoms with E-state index in [2.05, 4.69) is 50.1 Å². The number of rotatable bonds is 6. The number of likely N-dealkylation sites (N-methyl/N-ethyl adjacent to an activating group) is 1. The predicted octanol–water partition coefficient (Wildman–Crippen LogP) is 3.42. The number of nitrogens with one attached hydrogen (secondary N) is 1. The minimum absolute atomic E-state index is 0. The van der Waals surface area contributed by atoms with Crippen molar-refractivity contribution in [3.05, 3.63) is 38.5 Å². The van der Waals surface area contributed by atoms with Gasteiger partial charge < -0.3 is 10.2 Å². The molecule has 2 rings (SSSR count). The molecule has 0 aliphatic heterocycles. The van der Waals surface area contributed by atoms with Crippen LogP contribution in [0.15, 0.2) is 27.9 Å². The van der Waals surface area contributed by atoms with Crippen molar-refractivity contribution in [3.8, 4) is 0 Å². The number of thiophene rings is 1.